The molecule has 4 heteroatoms. The van der Waals surface area contributed by atoms with Gasteiger partial charge in [-0.15, -0.1) is 0 Å². The van der Waals surface area contributed by atoms with E-state index in [0.717, 1.165) is 19.7 Å². The SMILES string of the molecule is COCCOCCNCc1ccc2[nH]ccc2c1. The molecule has 0 amide bonds. The van der Waals surface area contributed by atoms with Crippen LogP contribution in [-0.2, 0) is 16.0 Å². The van der Waals surface area contributed by atoms with E-state index in [1.54, 1.807) is 7.11 Å². The number of rotatable bonds is 8. The zero-order valence-electron chi connectivity index (χ0n) is 10.7. The van der Waals surface area contributed by atoms with Gasteiger partial charge >= 0.3 is 0 Å². The molecule has 2 rings (SSSR count). The Balaban J connectivity index is 1.67. The summed E-state index contributed by atoms with van der Waals surface area (Å²) in [6.45, 7) is 3.76. The number of hydrogen-bond donors (Lipinski definition) is 2. The van der Waals surface area contributed by atoms with E-state index in [1.807, 2.05) is 6.20 Å². The number of nitrogens with one attached hydrogen (secondary N) is 2. The molecular formula is C14H20N2O2. The second-order valence-corrected chi connectivity index (χ2v) is 4.18. The fraction of sp³-hybridized carbons (Fsp3) is 0.429. The van der Waals surface area contributed by atoms with Gasteiger partial charge in [-0.1, -0.05) is 6.07 Å². The van der Waals surface area contributed by atoms with E-state index in [-0.39, 0.29) is 0 Å². The molecule has 0 saturated heterocycles. The summed E-state index contributed by atoms with van der Waals surface area (Å²) in [6, 6.07) is 8.54. The summed E-state index contributed by atoms with van der Waals surface area (Å²) in [7, 11) is 1.68. The minimum absolute atomic E-state index is 0.657. The third kappa shape index (κ3) is 3.84. The summed E-state index contributed by atoms with van der Waals surface area (Å²) in [6.07, 6.45) is 1.96. The Kier molecular flexibility index (Phi) is 5.20. The quantitative estimate of drug-likeness (QED) is 0.702. The van der Waals surface area contributed by atoms with Crippen LogP contribution in [0.4, 0.5) is 0 Å². The number of ether oxygens (including phenoxy) is 2. The fourth-order valence-corrected chi connectivity index (χ4v) is 1.83. The number of H-pyrrole nitrogens is 1. The summed E-state index contributed by atoms with van der Waals surface area (Å²) in [5, 5.41) is 4.61. The Hall–Kier alpha value is -1.36. The Bertz CT molecular complexity index is 468. The first kappa shape index (κ1) is 13.1. The molecule has 1 aromatic carbocycles. The Morgan fingerprint density at radius 2 is 2.11 bits per heavy atom. The van der Waals surface area contributed by atoms with Crippen molar-refractivity contribution in [3.63, 3.8) is 0 Å². The third-order valence-corrected chi connectivity index (χ3v) is 2.80. The predicted octanol–water partition coefficient (Wildman–Crippen LogP) is 1.92. The van der Waals surface area contributed by atoms with Crippen LogP contribution in [0.25, 0.3) is 10.9 Å². The first-order valence-corrected chi connectivity index (χ1v) is 6.23. The molecule has 0 atom stereocenters. The molecule has 0 saturated carbocycles. The van der Waals surface area contributed by atoms with Crippen molar-refractivity contribution in [2.75, 3.05) is 33.5 Å². The first-order valence-electron chi connectivity index (χ1n) is 6.23. The van der Waals surface area contributed by atoms with Crippen molar-refractivity contribution in [1.29, 1.82) is 0 Å². The Labute approximate surface area is 107 Å². The van der Waals surface area contributed by atoms with Gasteiger partial charge in [0.05, 0.1) is 19.8 Å². The van der Waals surface area contributed by atoms with Gasteiger partial charge in [-0.25, -0.2) is 0 Å². The molecule has 0 bridgehead atoms. The van der Waals surface area contributed by atoms with Crippen LogP contribution in [0.1, 0.15) is 5.56 Å². The minimum atomic E-state index is 0.657. The van der Waals surface area contributed by atoms with Gasteiger partial charge in [0.25, 0.3) is 0 Å². The third-order valence-electron chi connectivity index (χ3n) is 2.80. The fourth-order valence-electron chi connectivity index (χ4n) is 1.83. The van der Waals surface area contributed by atoms with E-state index < -0.39 is 0 Å². The van der Waals surface area contributed by atoms with E-state index in [0.29, 0.717) is 13.2 Å². The minimum Gasteiger partial charge on any atom is -0.382 e. The standard InChI is InChI=1S/C14H20N2O2/c1-17-8-9-18-7-6-15-11-12-2-3-14-13(10-12)4-5-16-14/h2-5,10,15-16H,6-9,11H2,1H3. The second kappa shape index (κ2) is 7.16. The molecular weight excluding hydrogens is 228 g/mol. The van der Waals surface area contributed by atoms with Crippen LogP contribution in [0.5, 0.6) is 0 Å². The van der Waals surface area contributed by atoms with Gasteiger partial charge in [0.2, 0.25) is 0 Å². The zero-order chi connectivity index (χ0) is 12.6. The van der Waals surface area contributed by atoms with Crippen molar-refractivity contribution < 1.29 is 9.47 Å². The van der Waals surface area contributed by atoms with Crippen molar-refractivity contribution in [1.82, 2.24) is 10.3 Å². The Morgan fingerprint density at radius 1 is 1.17 bits per heavy atom. The van der Waals surface area contributed by atoms with E-state index in [1.165, 1.54) is 16.5 Å². The maximum atomic E-state index is 5.38. The highest BCUT2D eigenvalue weighted by Crippen LogP contribution is 2.13. The van der Waals surface area contributed by atoms with Crippen molar-refractivity contribution in [2.45, 2.75) is 6.54 Å². The highest BCUT2D eigenvalue weighted by Gasteiger charge is 1.97. The largest absolute Gasteiger partial charge is 0.382 e. The van der Waals surface area contributed by atoms with Crippen LogP contribution in [-0.4, -0.2) is 38.5 Å². The van der Waals surface area contributed by atoms with Crippen LogP contribution < -0.4 is 5.32 Å². The summed E-state index contributed by atoms with van der Waals surface area (Å²) < 4.78 is 10.3. The summed E-state index contributed by atoms with van der Waals surface area (Å²) in [4.78, 5) is 3.19. The van der Waals surface area contributed by atoms with E-state index in [9.17, 15) is 0 Å². The molecule has 1 heterocycles. The van der Waals surface area contributed by atoms with E-state index in [4.69, 9.17) is 9.47 Å². The molecule has 0 spiro atoms. The van der Waals surface area contributed by atoms with Crippen molar-refractivity contribution in [3.8, 4) is 0 Å². The normalized spacial score (nSPS) is 11.2. The van der Waals surface area contributed by atoms with Gasteiger partial charge in [-0.05, 0) is 29.1 Å². The lowest BCUT2D eigenvalue weighted by atomic mass is 10.1. The lowest BCUT2D eigenvalue weighted by Gasteiger charge is -2.06. The molecule has 0 radical (unpaired) electrons. The summed E-state index contributed by atoms with van der Waals surface area (Å²) >= 11 is 0. The lowest BCUT2D eigenvalue weighted by Crippen LogP contribution is -2.20. The van der Waals surface area contributed by atoms with Crippen LogP contribution in [0.15, 0.2) is 30.5 Å². The highest BCUT2D eigenvalue weighted by atomic mass is 16.5. The van der Waals surface area contributed by atoms with Gasteiger partial charge in [-0.2, -0.15) is 0 Å². The average molecular weight is 248 g/mol. The van der Waals surface area contributed by atoms with Gasteiger partial charge < -0.3 is 19.8 Å². The van der Waals surface area contributed by atoms with Crippen molar-refractivity contribution in [2.24, 2.45) is 0 Å². The molecule has 4 nitrogen and oxygen atoms in total. The van der Waals surface area contributed by atoms with Gasteiger partial charge in [0.15, 0.2) is 0 Å². The van der Waals surface area contributed by atoms with Crippen LogP contribution in [0.3, 0.4) is 0 Å². The monoisotopic (exact) mass is 248 g/mol. The molecule has 98 valence electrons. The van der Waals surface area contributed by atoms with Gasteiger partial charge in [-0.3, -0.25) is 0 Å². The van der Waals surface area contributed by atoms with Crippen LogP contribution >= 0.6 is 0 Å². The highest BCUT2D eigenvalue weighted by molar-refractivity contribution is 5.79. The molecule has 2 aromatic rings. The second-order valence-electron chi connectivity index (χ2n) is 4.18. The maximum Gasteiger partial charge on any atom is 0.0700 e. The number of benzene rings is 1. The summed E-state index contributed by atoms with van der Waals surface area (Å²) in [5.74, 6) is 0. The van der Waals surface area contributed by atoms with Gasteiger partial charge in [0, 0.05) is 31.9 Å². The molecule has 1 aromatic heterocycles. The first-order chi connectivity index (χ1) is 8.90. The predicted molar refractivity (Wildman–Crippen MR) is 72.7 cm³/mol. The van der Waals surface area contributed by atoms with Crippen LogP contribution in [0.2, 0.25) is 0 Å². The molecule has 0 unspecified atom stereocenters. The summed E-state index contributed by atoms with van der Waals surface area (Å²) in [5.41, 5.74) is 2.47. The van der Waals surface area contributed by atoms with Crippen LogP contribution in [0, 0.1) is 0 Å². The smallest absolute Gasteiger partial charge is 0.0700 e. The number of aromatic amines is 1. The van der Waals surface area contributed by atoms with E-state index in [2.05, 4.69) is 34.6 Å². The molecule has 0 aliphatic heterocycles. The number of aromatic nitrogens is 1. The molecule has 2 N–H and O–H groups in total. The van der Waals surface area contributed by atoms with Crippen molar-refractivity contribution in [3.05, 3.63) is 36.0 Å². The number of fused-ring (bicyclic) bond motifs is 1. The molecule has 0 aliphatic carbocycles. The molecule has 0 fully saturated rings. The van der Waals surface area contributed by atoms with Gasteiger partial charge in [0.1, 0.15) is 0 Å². The Morgan fingerprint density at radius 3 is 3.00 bits per heavy atom. The topological polar surface area (TPSA) is 46.3 Å². The molecule has 18 heavy (non-hydrogen) atoms. The molecule has 0 aliphatic rings. The zero-order valence-corrected chi connectivity index (χ0v) is 10.7. The number of hydrogen-bond acceptors (Lipinski definition) is 3. The van der Waals surface area contributed by atoms with Crippen molar-refractivity contribution >= 4 is 10.9 Å². The average Bonchev–Trinajstić information content (AvgIpc) is 2.85. The maximum absolute atomic E-state index is 5.38. The lowest BCUT2D eigenvalue weighted by molar-refractivity contribution is 0.0719. The van der Waals surface area contributed by atoms with E-state index >= 15 is 0 Å². The number of methoxy groups -OCH3 is 1.